The van der Waals surface area contributed by atoms with Gasteiger partial charge in [-0.05, 0) is 26.0 Å². The fourth-order valence-corrected chi connectivity index (χ4v) is 1.93. The molecule has 4 nitrogen and oxygen atoms in total. The molecule has 0 bridgehead atoms. The topological polar surface area (TPSA) is 44.1 Å². The van der Waals surface area contributed by atoms with Gasteiger partial charge in [0.2, 0.25) is 0 Å². The van der Waals surface area contributed by atoms with Crippen LogP contribution in [0.2, 0.25) is 0 Å². The zero-order valence-electron chi connectivity index (χ0n) is 11.5. The Morgan fingerprint density at radius 2 is 2.21 bits per heavy atom. The van der Waals surface area contributed by atoms with Gasteiger partial charge in [-0.3, -0.25) is 4.79 Å². The number of carbonyl (C=O) groups is 1. The lowest BCUT2D eigenvalue weighted by Crippen LogP contribution is -2.08. The van der Waals surface area contributed by atoms with Gasteiger partial charge >= 0.3 is 0 Å². The van der Waals surface area contributed by atoms with Crippen molar-refractivity contribution in [2.45, 2.75) is 20.3 Å². The van der Waals surface area contributed by atoms with Crippen LogP contribution in [0.4, 0.5) is 0 Å². The number of aromatic nitrogens is 2. The third-order valence-corrected chi connectivity index (χ3v) is 3.02. The Labute approximate surface area is 113 Å². The molecule has 0 spiro atoms. The molecule has 0 aliphatic carbocycles. The molecule has 1 heterocycles. The Morgan fingerprint density at radius 3 is 2.84 bits per heavy atom. The lowest BCUT2D eigenvalue weighted by atomic mass is 10.1. The van der Waals surface area contributed by atoms with E-state index in [4.69, 9.17) is 4.74 Å². The van der Waals surface area contributed by atoms with Gasteiger partial charge in [0, 0.05) is 25.9 Å². The van der Waals surface area contributed by atoms with E-state index >= 15 is 0 Å². The molecule has 2 aromatic rings. The van der Waals surface area contributed by atoms with Crippen LogP contribution in [0.25, 0.3) is 0 Å². The number of ketones is 1. The van der Waals surface area contributed by atoms with Crippen molar-refractivity contribution in [2.24, 2.45) is 7.05 Å². The van der Waals surface area contributed by atoms with Crippen molar-refractivity contribution < 1.29 is 9.53 Å². The van der Waals surface area contributed by atoms with E-state index in [-0.39, 0.29) is 5.78 Å². The highest BCUT2D eigenvalue weighted by Crippen LogP contribution is 2.20. The number of Topliss-reactive ketones (excluding diaryl/α,β-unsaturated/α-hetero) is 1. The third kappa shape index (κ3) is 3.22. The predicted molar refractivity (Wildman–Crippen MR) is 73.6 cm³/mol. The minimum absolute atomic E-state index is 0.0238. The summed E-state index contributed by atoms with van der Waals surface area (Å²) >= 11 is 0. The first-order valence-electron chi connectivity index (χ1n) is 6.28. The van der Waals surface area contributed by atoms with Gasteiger partial charge in [-0.1, -0.05) is 11.6 Å². The smallest absolute Gasteiger partial charge is 0.163 e. The van der Waals surface area contributed by atoms with E-state index < -0.39 is 0 Å². The van der Waals surface area contributed by atoms with Crippen LogP contribution >= 0.6 is 0 Å². The van der Waals surface area contributed by atoms with E-state index in [1.165, 1.54) is 0 Å². The number of ether oxygens (including phenoxy) is 1. The molecule has 2 rings (SSSR count). The second kappa shape index (κ2) is 5.69. The molecule has 0 amide bonds. The highest BCUT2D eigenvalue weighted by Gasteiger charge is 2.09. The van der Waals surface area contributed by atoms with Crippen LogP contribution in [-0.4, -0.2) is 21.9 Å². The lowest BCUT2D eigenvalue weighted by Gasteiger charge is -2.10. The number of hydrogen-bond acceptors (Lipinski definition) is 3. The van der Waals surface area contributed by atoms with Gasteiger partial charge in [0.1, 0.15) is 11.6 Å². The first-order chi connectivity index (χ1) is 9.08. The molecule has 0 aliphatic rings. The van der Waals surface area contributed by atoms with Crippen molar-refractivity contribution in [3.05, 3.63) is 47.5 Å². The molecule has 0 saturated carbocycles. The molecule has 0 fully saturated rings. The molecule has 19 heavy (non-hydrogen) atoms. The second-order valence-corrected chi connectivity index (χ2v) is 4.61. The maximum atomic E-state index is 11.6. The molecule has 1 aromatic heterocycles. The van der Waals surface area contributed by atoms with Crippen LogP contribution in [0, 0.1) is 6.92 Å². The molecular weight excluding hydrogens is 240 g/mol. The van der Waals surface area contributed by atoms with Crippen LogP contribution in [0.3, 0.4) is 0 Å². The summed E-state index contributed by atoms with van der Waals surface area (Å²) in [7, 11) is 1.95. The number of hydrogen-bond donors (Lipinski definition) is 0. The Balaban J connectivity index is 2.03. The summed E-state index contributed by atoms with van der Waals surface area (Å²) in [5.41, 5.74) is 1.70. The number of aryl methyl sites for hydroxylation is 2. The molecule has 4 heteroatoms. The van der Waals surface area contributed by atoms with Gasteiger partial charge < -0.3 is 9.30 Å². The Morgan fingerprint density at radius 1 is 1.42 bits per heavy atom. The fraction of sp³-hybridized carbons (Fsp3) is 0.333. The molecule has 0 N–H and O–H groups in total. The van der Waals surface area contributed by atoms with Gasteiger partial charge in [0.15, 0.2) is 5.78 Å². The van der Waals surface area contributed by atoms with Gasteiger partial charge in [0.05, 0.1) is 12.2 Å². The highest BCUT2D eigenvalue weighted by molar-refractivity contribution is 5.97. The molecule has 0 radical (unpaired) electrons. The molecule has 1 aromatic carbocycles. The predicted octanol–water partition coefficient (Wildman–Crippen LogP) is 2.55. The Kier molecular flexibility index (Phi) is 4.00. The van der Waals surface area contributed by atoms with Gasteiger partial charge in [-0.25, -0.2) is 4.98 Å². The van der Waals surface area contributed by atoms with E-state index in [2.05, 4.69) is 4.98 Å². The second-order valence-electron chi connectivity index (χ2n) is 4.61. The van der Waals surface area contributed by atoms with E-state index in [0.29, 0.717) is 24.3 Å². The summed E-state index contributed by atoms with van der Waals surface area (Å²) < 4.78 is 7.67. The number of carbonyl (C=O) groups excluding carboxylic acids is 1. The van der Waals surface area contributed by atoms with E-state index in [9.17, 15) is 4.79 Å². The van der Waals surface area contributed by atoms with Crippen molar-refractivity contribution in [3.8, 4) is 5.75 Å². The van der Waals surface area contributed by atoms with Crippen molar-refractivity contribution in [2.75, 3.05) is 6.61 Å². The third-order valence-electron chi connectivity index (χ3n) is 3.02. The number of rotatable bonds is 5. The lowest BCUT2D eigenvalue weighted by molar-refractivity contribution is 0.101. The van der Waals surface area contributed by atoms with Gasteiger partial charge in [0.25, 0.3) is 0 Å². The molecule has 0 aliphatic heterocycles. The largest absolute Gasteiger partial charge is 0.492 e. The summed E-state index contributed by atoms with van der Waals surface area (Å²) in [6, 6.07) is 5.66. The minimum atomic E-state index is 0.0238. The minimum Gasteiger partial charge on any atom is -0.492 e. The SMILES string of the molecule is CC(=O)c1cc(C)ccc1OCCc1nccn1C. The van der Waals surface area contributed by atoms with Crippen LogP contribution in [0.5, 0.6) is 5.75 Å². The Bertz CT molecular complexity index is 588. The van der Waals surface area contributed by atoms with Crippen LogP contribution in [-0.2, 0) is 13.5 Å². The van der Waals surface area contributed by atoms with Crippen LogP contribution in [0.15, 0.2) is 30.6 Å². The van der Waals surface area contributed by atoms with Gasteiger partial charge in [-0.15, -0.1) is 0 Å². The molecular formula is C15H18N2O2. The first kappa shape index (κ1) is 13.3. The number of imidazole rings is 1. The van der Waals surface area contributed by atoms with Crippen LogP contribution < -0.4 is 4.74 Å². The monoisotopic (exact) mass is 258 g/mol. The average molecular weight is 258 g/mol. The number of benzene rings is 1. The summed E-state index contributed by atoms with van der Waals surface area (Å²) in [5.74, 6) is 1.64. The normalized spacial score (nSPS) is 10.5. The Hall–Kier alpha value is -2.10. The van der Waals surface area contributed by atoms with Crippen molar-refractivity contribution in [1.82, 2.24) is 9.55 Å². The van der Waals surface area contributed by atoms with Crippen molar-refractivity contribution >= 4 is 5.78 Å². The fourth-order valence-electron chi connectivity index (χ4n) is 1.93. The average Bonchev–Trinajstić information content (AvgIpc) is 2.77. The number of nitrogens with zero attached hydrogens (tertiary/aromatic N) is 2. The zero-order valence-corrected chi connectivity index (χ0v) is 11.5. The van der Waals surface area contributed by atoms with Crippen molar-refractivity contribution in [3.63, 3.8) is 0 Å². The molecule has 0 atom stereocenters. The maximum Gasteiger partial charge on any atom is 0.163 e. The van der Waals surface area contributed by atoms with Gasteiger partial charge in [-0.2, -0.15) is 0 Å². The quantitative estimate of drug-likeness (QED) is 0.774. The summed E-state index contributed by atoms with van der Waals surface area (Å²) in [6.07, 6.45) is 4.39. The molecule has 100 valence electrons. The molecule has 0 unspecified atom stereocenters. The molecule has 0 saturated heterocycles. The van der Waals surface area contributed by atoms with Crippen LogP contribution in [0.1, 0.15) is 28.7 Å². The van der Waals surface area contributed by atoms with Crippen molar-refractivity contribution in [1.29, 1.82) is 0 Å². The summed E-state index contributed by atoms with van der Waals surface area (Å²) in [4.78, 5) is 15.8. The highest BCUT2D eigenvalue weighted by atomic mass is 16.5. The maximum absolute atomic E-state index is 11.6. The van der Waals surface area contributed by atoms with E-state index in [0.717, 1.165) is 11.4 Å². The van der Waals surface area contributed by atoms with E-state index in [1.54, 1.807) is 13.1 Å². The first-order valence-corrected chi connectivity index (χ1v) is 6.28. The summed E-state index contributed by atoms with van der Waals surface area (Å²) in [6.45, 7) is 4.03. The standard InChI is InChI=1S/C15H18N2O2/c1-11-4-5-14(13(10-11)12(2)18)19-9-6-15-16-7-8-17(15)3/h4-5,7-8,10H,6,9H2,1-3H3. The zero-order chi connectivity index (χ0) is 13.8. The summed E-state index contributed by atoms with van der Waals surface area (Å²) in [5, 5.41) is 0. The van der Waals surface area contributed by atoms with E-state index in [1.807, 2.05) is 42.9 Å².